The van der Waals surface area contributed by atoms with Gasteiger partial charge in [-0.3, -0.25) is 14.4 Å². The fraction of sp³-hybridized carbons (Fsp3) is 0.565. The summed E-state index contributed by atoms with van der Waals surface area (Å²) in [6.45, 7) is 3.89. The highest BCUT2D eigenvalue weighted by molar-refractivity contribution is 7.98. The molecule has 0 bridgehead atoms. The van der Waals surface area contributed by atoms with Crippen molar-refractivity contribution in [1.29, 1.82) is 0 Å². The Morgan fingerprint density at radius 3 is 1.92 bits per heavy atom. The van der Waals surface area contributed by atoms with Gasteiger partial charge in [0.1, 0.15) is 18.1 Å². The molecule has 0 saturated heterocycles. The van der Waals surface area contributed by atoms with E-state index < -0.39 is 47.9 Å². The number of carboxylic acid groups (broad SMARTS) is 1. The lowest BCUT2D eigenvalue weighted by Crippen LogP contribution is -2.58. The second-order valence-electron chi connectivity index (χ2n) is 9.10. The highest BCUT2D eigenvalue weighted by Gasteiger charge is 2.31. The molecule has 13 nitrogen and oxygen atoms in total. The van der Waals surface area contributed by atoms with Crippen molar-refractivity contribution in [3.8, 4) is 0 Å². The van der Waals surface area contributed by atoms with E-state index in [1.807, 2.05) is 20.1 Å². The Balaban J connectivity index is 2.17. The minimum absolute atomic E-state index is 0.0219. The van der Waals surface area contributed by atoms with E-state index >= 15 is 0 Å². The lowest BCUT2D eigenvalue weighted by Gasteiger charge is -2.25. The lowest BCUT2D eigenvalue weighted by molar-refractivity contribution is -0.142. The summed E-state index contributed by atoms with van der Waals surface area (Å²) < 4.78 is 0. The molecule has 2 aromatic heterocycles. The van der Waals surface area contributed by atoms with Gasteiger partial charge >= 0.3 is 5.97 Å². The van der Waals surface area contributed by atoms with Gasteiger partial charge in [-0.2, -0.15) is 11.8 Å². The van der Waals surface area contributed by atoms with Gasteiger partial charge in [-0.15, -0.1) is 0 Å². The normalized spacial score (nSPS) is 14.4. The van der Waals surface area contributed by atoms with Gasteiger partial charge in [0.2, 0.25) is 17.7 Å². The Bertz CT molecular complexity index is 999. The van der Waals surface area contributed by atoms with Crippen molar-refractivity contribution in [2.24, 2.45) is 11.7 Å². The van der Waals surface area contributed by atoms with Crippen LogP contribution in [0, 0.1) is 5.92 Å². The summed E-state index contributed by atoms with van der Waals surface area (Å²) in [4.78, 5) is 64.3. The van der Waals surface area contributed by atoms with Crippen LogP contribution < -0.4 is 21.7 Å². The maximum absolute atomic E-state index is 13.2. The van der Waals surface area contributed by atoms with Crippen molar-refractivity contribution in [3.05, 3.63) is 36.4 Å². The molecule has 0 spiro atoms. The third-order valence-electron chi connectivity index (χ3n) is 5.51. The van der Waals surface area contributed by atoms with Crippen LogP contribution in [0.25, 0.3) is 0 Å². The van der Waals surface area contributed by atoms with E-state index in [2.05, 4.69) is 35.9 Å². The van der Waals surface area contributed by atoms with E-state index in [-0.39, 0.29) is 18.8 Å². The van der Waals surface area contributed by atoms with Crippen LogP contribution >= 0.6 is 11.8 Å². The molecule has 4 atom stereocenters. The number of hydrogen-bond donors (Lipinski definition) is 7. The zero-order valence-electron chi connectivity index (χ0n) is 21.2. The Kier molecular flexibility index (Phi) is 12.1. The van der Waals surface area contributed by atoms with Gasteiger partial charge in [-0.1, -0.05) is 13.8 Å². The average molecular weight is 537 g/mol. The van der Waals surface area contributed by atoms with Crippen molar-refractivity contribution in [1.82, 2.24) is 35.9 Å². The van der Waals surface area contributed by atoms with Gasteiger partial charge < -0.3 is 36.8 Å². The SMILES string of the molecule is CSCCC(NC(=O)C(N)CC(C)C)C(=O)NC(Cc1cnc[nH]1)C(=O)NC(Cc1cnc[nH]1)C(=O)O. The number of carboxylic acids is 1. The molecule has 14 heteroatoms. The number of nitrogens with one attached hydrogen (secondary N) is 5. The van der Waals surface area contributed by atoms with Gasteiger partial charge in [0.25, 0.3) is 0 Å². The predicted molar refractivity (Wildman–Crippen MR) is 138 cm³/mol. The molecule has 204 valence electrons. The first-order chi connectivity index (χ1) is 17.6. The number of aromatic nitrogens is 4. The lowest BCUT2D eigenvalue weighted by atomic mass is 10.0. The molecule has 3 amide bonds. The number of nitrogens with zero attached hydrogens (tertiary/aromatic N) is 2. The van der Waals surface area contributed by atoms with E-state index in [1.165, 1.54) is 36.8 Å². The van der Waals surface area contributed by atoms with Gasteiger partial charge in [0, 0.05) is 36.6 Å². The maximum atomic E-state index is 13.2. The fourth-order valence-corrected chi connectivity index (χ4v) is 4.06. The first-order valence-corrected chi connectivity index (χ1v) is 13.3. The Labute approximate surface area is 219 Å². The molecular formula is C23H36N8O5S. The third kappa shape index (κ3) is 10.2. The number of carbonyl (C=O) groups is 4. The number of imidazole rings is 2. The molecule has 2 aromatic rings. The van der Waals surface area contributed by atoms with Gasteiger partial charge in [0.05, 0.1) is 18.7 Å². The molecule has 0 fully saturated rings. The number of hydrogen-bond acceptors (Lipinski definition) is 8. The Morgan fingerprint density at radius 1 is 0.919 bits per heavy atom. The van der Waals surface area contributed by atoms with E-state index in [0.29, 0.717) is 30.0 Å². The van der Waals surface area contributed by atoms with Crippen molar-refractivity contribution < 1.29 is 24.3 Å². The van der Waals surface area contributed by atoms with Crippen LogP contribution in [-0.4, -0.2) is 84.9 Å². The summed E-state index contributed by atoms with van der Waals surface area (Å²) in [6, 6.07) is -4.08. The molecule has 4 unspecified atom stereocenters. The molecule has 0 aliphatic carbocycles. The smallest absolute Gasteiger partial charge is 0.326 e. The van der Waals surface area contributed by atoms with Gasteiger partial charge in [0.15, 0.2) is 0 Å². The number of aliphatic carboxylic acids is 1. The zero-order chi connectivity index (χ0) is 27.4. The summed E-state index contributed by atoms with van der Waals surface area (Å²) in [5.41, 5.74) is 7.07. The quantitative estimate of drug-likeness (QED) is 0.148. The second-order valence-corrected chi connectivity index (χ2v) is 10.1. The highest BCUT2D eigenvalue weighted by atomic mass is 32.2. The van der Waals surface area contributed by atoms with Crippen LogP contribution in [-0.2, 0) is 32.0 Å². The number of carbonyl (C=O) groups excluding carboxylic acids is 3. The fourth-order valence-electron chi connectivity index (χ4n) is 3.58. The van der Waals surface area contributed by atoms with Crippen molar-refractivity contribution >= 4 is 35.5 Å². The van der Waals surface area contributed by atoms with E-state index in [1.54, 1.807) is 0 Å². The monoisotopic (exact) mass is 536 g/mol. The van der Waals surface area contributed by atoms with E-state index in [0.717, 1.165) is 0 Å². The van der Waals surface area contributed by atoms with Crippen molar-refractivity contribution in [3.63, 3.8) is 0 Å². The van der Waals surface area contributed by atoms with Crippen molar-refractivity contribution in [2.75, 3.05) is 12.0 Å². The minimum atomic E-state index is -1.25. The number of rotatable bonds is 16. The van der Waals surface area contributed by atoms with Crippen LogP contribution in [0.3, 0.4) is 0 Å². The summed E-state index contributed by atoms with van der Waals surface area (Å²) in [5, 5.41) is 17.5. The van der Waals surface area contributed by atoms with Crippen molar-refractivity contribution in [2.45, 2.75) is 63.7 Å². The number of nitrogens with two attached hydrogens (primary N) is 1. The first-order valence-electron chi connectivity index (χ1n) is 11.9. The summed E-state index contributed by atoms with van der Waals surface area (Å²) in [5.74, 6) is -2.17. The minimum Gasteiger partial charge on any atom is -0.480 e. The zero-order valence-corrected chi connectivity index (χ0v) is 22.0. The van der Waals surface area contributed by atoms with Gasteiger partial charge in [-0.05, 0) is 30.8 Å². The second kappa shape index (κ2) is 15.0. The van der Waals surface area contributed by atoms with E-state index in [9.17, 15) is 24.3 Å². The first kappa shape index (κ1) is 29.8. The molecular weight excluding hydrogens is 500 g/mol. The van der Waals surface area contributed by atoms with Crippen LogP contribution in [0.1, 0.15) is 38.1 Å². The Hall–Kier alpha value is -3.39. The van der Waals surface area contributed by atoms with E-state index in [4.69, 9.17) is 5.73 Å². The van der Waals surface area contributed by atoms with Crippen LogP contribution in [0.15, 0.2) is 25.0 Å². The number of thioether (sulfide) groups is 1. The average Bonchev–Trinajstić information content (AvgIpc) is 3.54. The molecule has 2 heterocycles. The molecule has 37 heavy (non-hydrogen) atoms. The molecule has 0 saturated carbocycles. The summed E-state index contributed by atoms with van der Waals surface area (Å²) >= 11 is 1.51. The molecule has 8 N–H and O–H groups in total. The largest absolute Gasteiger partial charge is 0.480 e. The topological polar surface area (TPSA) is 208 Å². The standard InChI is InChI=1S/C23H36N8O5S/c1-13(2)6-16(24)20(32)29-17(4-5-37-3)21(33)30-18(7-14-9-25-11-27-14)22(34)31-19(23(35)36)8-15-10-26-12-28-15/h9-13,16-19H,4-8,24H2,1-3H3,(H,25,27)(H,26,28)(H,29,32)(H,30,33)(H,31,34)(H,35,36). The molecule has 0 radical (unpaired) electrons. The molecule has 2 rings (SSSR count). The predicted octanol–water partition coefficient (Wildman–Crippen LogP) is -0.416. The number of amides is 3. The summed E-state index contributed by atoms with van der Waals surface area (Å²) in [6.07, 6.45) is 8.48. The van der Waals surface area contributed by atoms with Gasteiger partial charge in [-0.25, -0.2) is 14.8 Å². The van der Waals surface area contributed by atoms with Crippen LogP contribution in [0.2, 0.25) is 0 Å². The molecule has 0 aliphatic heterocycles. The maximum Gasteiger partial charge on any atom is 0.326 e. The third-order valence-corrected chi connectivity index (χ3v) is 6.16. The highest BCUT2D eigenvalue weighted by Crippen LogP contribution is 2.08. The molecule has 0 aromatic carbocycles. The Morgan fingerprint density at radius 2 is 1.43 bits per heavy atom. The summed E-state index contributed by atoms with van der Waals surface area (Å²) in [7, 11) is 0. The number of aromatic amines is 2. The molecule has 0 aliphatic rings. The van der Waals surface area contributed by atoms with Crippen LogP contribution in [0.4, 0.5) is 0 Å². The number of H-pyrrole nitrogens is 2. The van der Waals surface area contributed by atoms with Crippen LogP contribution in [0.5, 0.6) is 0 Å².